The van der Waals surface area contributed by atoms with Gasteiger partial charge in [0.1, 0.15) is 0 Å². The fourth-order valence-corrected chi connectivity index (χ4v) is 2.62. The predicted molar refractivity (Wildman–Crippen MR) is 44.6 cm³/mol. The Hall–Kier alpha value is -0.0800. The molecular weight excluding hydrogens is 138 g/mol. The van der Waals surface area contributed by atoms with Crippen LogP contribution >= 0.6 is 0 Å². The van der Waals surface area contributed by atoms with Crippen molar-refractivity contribution in [1.82, 2.24) is 4.90 Å². The van der Waals surface area contributed by atoms with Crippen LogP contribution in [0, 0.1) is 5.92 Å². The van der Waals surface area contributed by atoms with Crippen LogP contribution in [-0.4, -0.2) is 37.2 Å². The highest BCUT2D eigenvalue weighted by atomic mass is 16.5. The Morgan fingerprint density at radius 3 is 2.82 bits per heavy atom. The highest BCUT2D eigenvalue weighted by Crippen LogP contribution is 2.44. The first-order chi connectivity index (χ1) is 5.29. The van der Waals surface area contributed by atoms with Crippen LogP contribution in [0.3, 0.4) is 0 Å². The molecule has 2 heterocycles. The van der Waals surface area contributed by atoms with Crippen molar-refractivity contribution in [2.45, 2.75) is 25.3 Å². The third kappa shape index (κ3) is 0.859. The van der Waals surface area contributed by atoms with E-state index in [0.29, 0.717) is 5.54 Å². The van der Waals surface area contributed by atoms with Crippen LogP contribution in [0.5, 0.6) is 0 Å². The van der Waals surface area contributed by atoms with Crippen molar-refractivity contribution in [3.05, 3.63) is 0 Å². The Morgan fingerprint density at radius 1 is 1.55 bits per heavy atom. The molecule has 0 aromatic carbocycles. The van der Waals surface area contributed by atoms with Gasteiger partial charge in [-0.1, -0.05) is 6.92 Å². The average molecular weight is 155 g/mol. The second-order valence-corrected chi connectivity index (χ2v) is 3.96. The molecule has 2 heteroatoms. The standard InChI is InChI=1S/C9H17NO/c1-8-3-5-10-6-4-9(8,10)7-11-2/h8H,3-7H2,1-2H3/t8-,9-/m1/s1. The van der Waals surface area contributed by atoms with Crippen molar-refractivity contribution in [1.29, 1.82) is 0 Å². The van der Waals surface area contributed by atoms with E-state index >= 15 is 0 Å². The normalized spacial score (nSPS) is 43.6. The molecule has 2 atom stereocenters. The highest BCUT2D eigenvalue weighted by Gasteiger charge is 2.52. The molecule has 2 aliphatic rings. The molecule has 2 saturated heterocycles. The van der Waals surface area contributed by atoms with E-state index in [1.165, 1.54) is 25.9 Å². The maximum Gasteiger partial charge on any atom is 0.0649 e. The summed E-state index contributed by atoms with van der Waals surface area (Å²) in [6, 6.07) is 0. The van der Waals surface area contributed by atoms with Gasteiger partial charge in [-0.3, -0.25) is 4.90 Å². The Kier molecular flexibility index (Phi) is 1.69. The number of hydrogen-bond acceptors (Lipinski definition) is 2. The fourth-order valence-electron chi connectivity index (χ4n) is 2.62. The van der Waals surface area contributed by atoms with Crippen LogP contribution in [0.15, 0.2) is 0 Å². The molecule has 0 unspecified atom stereocenters. The van der Waals surface area contributed by atoms with Crippen LogP contribution in [0.25, 0.3) is 0 Å². The first kappa shape index (κ1) is 7.56. The van der Waals surface area contributed by atoms with Crippen LogP contribution in [0.1, 0.15) is 19.8 Å². The zero-order valence-corrected chi connectivity index (χ0v) is 7.47. The van der Waals surface area contributed by atoms with Crippen LogP contribution in [-0.2, 0) is 4.74 Å². The van der Waals surface area contributed by atoms with E-state index in [2.05, 4.69) is 11.8 Å². The highest BCUT2D eigenvalue weighted by molar-refractivity contribution is 5.07. The predicted octanol–water partition coefficient (Wildman–Crippen LogP) is 1.12. The van der Waals surface area contributed by atoms with Crippen LogP contribution < -0.4 is 0 Å². The molecule has 0 aliphatic carbocycles. The largest absolute Gasteiger partial charge is 0.383 e. The van der Waals surface area contributed by atoms with E-state index in [4.69, 9.17) is 4.74 Å². The molecule has 0 amide bonds. The Bertz CT molecular complexity index is 152. The molecule has 2 fully saturated rings. The summed E-state index contributed by atoms with van der Waals surface area (Å²) in [5.41, 5.74) is 0.453. The van der Waals surface area contributed by atoms with Crippen LogP contribution in [0.4, 0.5) is 0 Å². The third-order valence-corrected chi connectivity index (χ3v) is 3.59. The second-order valence-electron chi connectivity index (χ2n) is 3.96. The summed E-state index contributed by atoms with van der Waals surface area (Å²) in [4.78, 5) is 2.58. The molecule has 64 valence electrons. The monoisotopic (exact) mass is 155 g/mol. The van der Waals surface area contributed by atoms with E-state index in [1.807, 2.05) is 7.11 Å². The van der Waals surface area contributed by atoms with Gasteiger partial charge in [-0.2, -0.15) is 0 Å². The molecular formula is C9H17NO. The maximum atomic E-state index is 5.28. The molecule has 2 rings (SSSR count). The van der Waals surface area contributed by atoms with E-state index in [1.54, 1.807) is 0 Å². The van der Waals surface area contributed by atoms with E-state index in [9.17, 15) is 0 Å². The number of methoxy groups -OCH3 is 1. The smallest absolute Gasteiger partial charge is 0.0649 e. The van der Waals surface area contributed by atoms with Gasteiger partial charge in [0.2, 0.25) is 0 Å². The van der Waals surface area contributed by atoms with Crippen molar-refractivity contribution in [3.63, 3.8) is 0 Å². The van der Waals surface area contributed by atoms with E-state index < -0.39 is 0 Å². The lowest BCUT2D eigenvalue weighted by Crippen LogP contribution is -2.61. The molecule has 0 aromatic heterocycles. The minimum atomic E-state index is 0.453. The van der Waals surface area contributed by atoms with Gasteiger partial charge in [-0.25, -0.2) is 0 Å². The van der Waals surface area contributed by atoms with Crippen molar-refractivity contribution >= 4 is 0 Å². The zero-order chi connectivity index (χ0) is 7.90. The summed E-state index contributed by atoms with van der Waals surface area (Å²) in [5, 5.41) is 0. The Labute approximate surface area is 68.5 Å². The molecule has 0 saturated carbocycles. The van der Waals surface area contributed by atoms with Gasteiger partial charge in [0.25, 0.3) is 0 Å². The van der Waals surface area contributed by atoms with Crippen molar-refractivity contribution in [2.24, 2.45) is 5.92 Å². The number of hydrogen-bond donors (Lipinski definition) is 0. The lowest BCUT2D eigenvalue weighted by atomic mass is 9.78. The molecule has 11 heavy (non-hydrogen) atoms. The maximum absolute atomic E-state index is 5.28. The number of nitrogens with zero attached hydrogens (tertiary/aromatic N) is 1. The quantitative estimate of drug-likeness (QED) is 0.592. The molecule has 0 aromatic rings. The zero-order valence-electron chi connectivity index (χ0n) is 7.47. The fraction of sp³-hybridized carbons (Fsp3) is 1.00. The lowest BCUT2D eigenvalue weighted by Gasteiger charge is -2.50. The Balaban J connectivity index is 2.08. The molecule has 0 spiro atoms. The number of ether oxygens (including phenoxy) is 1. The molecule has 0 bridgehead atoms. The molecule has 0 radical (unpaired) electrons. The minimum Gasteiger partial charge on any atom is -0.383 e. The molecule has 2 nitrogen and oxygen atoms in total. The van der Waals surface area contributed by atoms with E-state index in [-0.39, 0.29) is 0 Å². The topological polar surface area (TPSA) is 12.5 Å². The lowest BCUT2D eigenvalue weighted by molar-refractivity contribution is -0.0550. The van der Waals surface area contributed by atoms with Gasteiger partial charge < -0.3 is 4.74 Å². The summed E-state index contributed by atoms with van der Waals surface area (Å²) in [6.07, 6.45) is 2.71. The molecule has 2 aliphatic heterocycles. The first-order valence-corrected chi connectivity index (χ1v) is 4.53. The van der Waals surface area contributed by atoms with Gasteiger partial charge in [0.15, 0.2) is 0 Å². The summed E-state index contributed by atoms with van der Waals surface area (Å²) < 4.78 is 5.28. The summed E-state index contributed by atoms with van der Waals surface area (Å²) in [5.74, 6) is 0.844. The summed E-state index contributed by atoms with van der Waals surface area (Å²) >= 11 is 0. The first-order valence-electron chi connectivity index (χ1n) is 4.53. The van der Waals surface area contributed by atoms with Gasteiger partial charge >= 0.3 is 0 Å². The Morgan fingerprint density at radius 2 is 2.36 bits per heavy atom. The van der Waals surface area contributed by atoms with Crippen molar-refractivity contribution in [2.75, 3.05) is 26.8 Å². The van der Waals surface area contributed by atoms with Crippen molar-refractivity contribution < 1.29 is 4.74 Å². The van der Waals surface area contributed by atoms with Crippen LogP contribution in [0.2, 0.25) is 0 Å². The average Bonchev–Trinajstić information content (AvgIpc) is 2.14. The SMILES string of the molecule is COC[C@@]12CCN1CC[C@H]2C. The van der Waals surface area contributed by atoms with Gasteiger partial charge in [0, 0.05) is 19.2 Å². The minimum absolute atomic E-state index is 0.453. The van der Waals surface area contributed by atoms with Crippen molar-refractivity contribution in [3.8, 4) is 0 Å². The molecule has 0 N–H and O–H groups in total. The van der Waals surface area contributed by atoms with Gasteiger partial charge in [-0.05, 0) is 25.3 Å². The number of fused-ring (bicyclic) bond motifs is 1. The second kappa shape index (κ2) is 2.46. The third-order valence-electron chi connectivity index (χ3n) is 3.59. The van der Waals surface area contributed by atoms with E-state index in [0.717, 1.165) is 12.5 Å². The summed E-state index contributed by atoms with van der Waals surface area (Å²) in [7, 11) is 1.82. The number of rotatable bonds is 2. The van der Waals surface area contributed by atoms with Gasteiger partial charge in [0.05, 0.1) is 6.61 Å². The van der Waals surface area contributed by atoms with Gasteiger partial charge in [-0.15, -0.1) is 0 Å². The summed E-state index contributed by atoms with van der Waals surface area (Å²) in [6.45, 7) is 5.89.